The first-order valence-electron chi connectivity index (χ1n) is 10.6. The Hall–Kier alpha value is -2.27. The highest BCUT2D eigenvalue weighted by Gasteiger charge is 2.24. The van der Waals surface area contributed by atoms with Gasteiger partial charge in [0.05, 0.1) is 13.2 Å². The van der Waals surface area contributed by atoms with Gasteiger partial charge in [-0.1, -0.05) is 37.1 Å². The lowest BCUT2D eigenvalue weighted by atomic mass is 9.97. The van der Waals surface area contributed by atoms with Gasteiger partial charge in [-0.2, -0.15) is 0 Å². The van der Waals surface area contributed by atoms with E-state index in [0.29, 0.717) is 6.04 Å². The van der Waals surface area contributed by atoms with E-state index in [4.69, 9.17) is 4.74 Å². The van der Waals surface area contributed by atoms with Gasteiger partial charge in [0.2, 0.25) is 0 Å². The summed E-state index contributed by atoms with van der Waals surface area (Å²) in [5, 5.41) is 0. The van der Waals surface area contributed by atoms with Crippen molar-refractivity contribution in [2.45, 2.75) is 45.1 Å². The lowest BCUT2D eigenvalue weighted by molar-refractivity contribution is 0.122. The molecule has 0 unspecified atom stereocenters. The molecule has 2 fully saturated rings. The lowest BCUT2D eigenvalue weighted by Gasteiger charge is -2.34. The molecule has 0 spiro atoms. The number of aromatic nitrogens is 1. The summed E-state index contributed by atoms with van der Waals surface area (Å²) in [6.07, 6.45) is 5.87. The highest BCUT2D eigenvalue weighted by molar-refractivity contribution is 5.56. The first-order chi connectivity index (χ1) is 13.7. The zero-order chi connectivity index (χ0) is 19.3. The Morgan fingerprint density at radius 3 is 2.71 bits per heavy atom. The lowest BCUT2D eigenvalue weighted by Crippen LogP contribution is -2.39. The van der Waals surface area contributed by atoms with Gasteiger partial charge in [0.1, 0.15) is 5.82 Å². The largest absolute Gasteiger partial charge is 0.378 e. The molecule has 1 N–H and O–H groups in total. The number of aromatic amines is 1. The number of morpholine rings is 1. The summed E-state index contributed by atoms with van der Waals surface area (Å²) in [5.41, 5.74) is 3.76. The summed E-state index contributed by atoms with van der Waals surface area (Å²) in [4.78, 5) is 20.3. The average molecular weight is 382 g/mol. The molecule has 0 radical (unpaired) electrons. The molecule has 2 saturated heterocycles. The number of H-pyrrole nitrogens is 1. The Morgan fingerprint density at radius 1 is 1.07 bits per heavy atom. The van der Waals surface area contributed by atoms with Crippen LogP contribution in [0.25, 0.3) is 0 Å². The molecule has 2 aliphatic rings. The van der Waals surface area contributed by atoms with Crippen LogP contribution in [0.3, 0.4) is 0 Å². The molecule has 0 saturated carbocycles. The maximum absolute atomic E-state index is 12.5. The van der Waals surface area contributed by atoms with Gasteiger partial charge in [-0.05, 0) is 37.3 Å². The summed E-state index contributed by atoms with van der Waals surface area (Å²) in [6, 6.07) is 13.0. The van der Waals surface area contributed by atoms with E-state index in [1.165, 1.54) is 30.4 Å². The number of nitrogens with one attached hydrogen (secondary N) is 1. The van der Waals surface area contributed by atoms with Gasteiger partial charge in [-0.25, -0.2) is 0 Å². The van der Waals surface area contributed by atoms with Crippen molar-refractivity contribution < 1.29 is 4.74 Å². The third-order valence-corrected chi connectivity index (χ3v) is 6.09. The van der Waals surface area contributed by atoms with Gasteiger partial charge in [0.15, 0.2) is 0 Å². The van der Waals surface area contributed by atoms with Crippen LogP contribution in [0, 0.1) is 6.92 Å². The fourth-order valence-electron chi connectivity index (χ4n) is 4.47. The number of hydrogen-bond acceptors (Lipinski definition) is 4. The second-order valence-electron chi connectivity index (χ2n) is 8.01. The highest BCUT2D eigenvalue weighted by Crippen LogP contribution is 2.28. The number of hydrogen-bond donors (Lipinski definition) is 1. The third-order valence-electron chi connectivity index (χ3n) is 6.09. The Bertz CT molecular complexity index is 842. The normalized spacial score (nSPS) is 20.8. The van der Waals surface area contributed by atoms with Crippen LogP contribution in [0.2, 0.25) is 0 Å². The van der Waals surface area contributed by atoms with E-state index in [1.54, 1.807) is 6.07 Å². The highest BCUT2D eigenvalue weighted by atomic mass is 16.5. The molecule has 1 atom stereocenters. The van der Waals surface area contributed by atoms with Crippen molar-refractivity contribution in [1.29, 1.82) is 0 Å². The number of nitrogens with zero attached hydrogens (tertiary/aromatic N) is 2. The summed E-state index contributed by atoms with van der Waals surface area (Å²) < 4.78 is 5.47. The minimum Gasteiger partial charge on any atom is -0.378 e. The predicted molar refractivity (Wildman–Crippen MR) is 115 cm³/mol. The van der Waals surface area contributed by atoms with Crippen LogP contribution in [-0.2, 0) is 11.2 Å². The first kappa shape index (κ1) is 19.1. The minimum atomic E-state index is -0.0159. The number of benzene rings is 1. The van der Waals surface area contributed by atoms with Crippen molar-refractivity contribution in [1.82, 2.24) is 4.98 Å². The van der Waals surface area contributed by atoms with E-state index in [0.717, 1.165) is 57.2 Å². The summed E-state index contributed by atoms with van der Waals surface area (Å²) in [7, 11) is 0. The third kappa shape index (κ3) is 4.41. The maximum atomic E-state index is 12.5. The molecular formula is C23H31N3O2. The Labute approximate surface area is 167 Å². The van der Waals surface area contributed by atoms with Crippen molar-refractivity contribution in [2.75, 3.05) is 42.6 Å². The summed E-state index contributed by atoms with van der Waals surface area (Å²) in [6.45, 7) is 6.32. The second kappa shape index (κ2) is 8.82. The molecule has 5 nitrogen and oxygen atoms in total. The van der Waals surface area contributed by atoms with Crippen molar-refractivity contribution in [3.05, 3.63) is 57.9 Å². The number of ether oxygens (including phenoxy) is 1. The van der Waals surface area contributed by atoms with E-state index >= 15 is 0 Å². The quantitative estimate of drug-likeness (QED) is 0.880. The zero-order valence-electron chi connectivity index (χ0n) is 16.8. The van der Waals surface area contributed by atoms with Crippen LogP contribution in [0.4, 0.5) is 11.5 Å². The topological polar surface area (TPSA) is 48.6 Å². The number of anilines is 2. The van der Waals surface area contributed by atoms with Crippen LogP contribution >= 0.6 is 0 Å². The average Bonchev–Trinajstić information content (AvgIpc) is 2.95. The fraction of sp³-hybridized carbons (Fsp3) is 0.522. The molecule has 5 heteroatoms. The molecule has 0 aliphatic carbocycles. The zero-order valence-corrected chi connectivity index (χ0v) is 16.8. The van der Waals surface area contributed by atoms with E-state index in [-0.39, 0.29) is 5.56 Å². The van der Waals surface area contributed by atoms with E-state index in [1.807, 2.05) is 0 Å². The van der Waals surface area contributed by atoms with Gasteiger partial charge >= 0.3 is 0 Å². The number of rotatable bonds is 4. The number of aryl methyl sites for hydroxylation is 1. The summed E-state index contributed by atoms with van der Waals surface area (Å²) in [5.74, 6) is 0.967. The Morgan fingerprint density at radius 2 is 1.89 bits per heavy atom. The van der Waals surface area contributed by atoms with Crippen molar-refractivity contribution in [2.24, 2.45) is 0 Å². The molecule has 0 bridgehead atoms. The van der Waals surface area contributed by atoms with Gasteiger partial charge in [0, 0.05) is 43.5 Å². The molecule has 4 rings (SSSR count). The van der Waals surface area contributed by atoms with Crippen LogP contribution in [0.5, 0.6) is 0 Å². The molecular weight excluding hydrogens is 350 g/mol. The SMILES string of the molecule is Cc1ccccc1C[C@H]1CCCCCN1c1cc(N2CCOCC2)cc(=O)[nH]1. The minimum absolute atomic E-state index is 0.0159. The van der Waals surface area contributed by atoms with Crippen LogP contribution in [0.1, 0.15) is 36.8 Å². The van der Waals surface area contributed by atoms with Crippen molar-refractivity contribution in [3.8, 4) is 0 Å². The van der Waals surface area contributed by atoms with E-state index in [9.17, 15) is 4.79 Å². The smallest absolute Gasteiger partial charge is 0.251 e. The van der Waals surface area contributed by atoms with Gasteiger partial charge in [-0.3, -0.25) is 4.79 Å². The van der Waals surface area contributed by atoms with Crippen molar-refractivity contribution in [3.63, 3.8) is 0 Å². The number of pyridine rings is 1. The van der Waals surface area contributed by atoms with Crippen LogP contribution < -0.4 is 15.4 Å². The molecule has 0 amide bonds. The molecule has 1 aromatic carbocycles. The molecule has 2 aromatic rings. The van der Waals surface area contributed by atoms with E-state index in [2.05, 4.69) is 52.0 Å². The molecule has 2 aliphatic heterocycles. The predicted octanol–water partition coefficient (Wildman–Crippen LogP) is 3.51. The second-order valence-corrected chi connectivity index (χ2v) is 8.01. The molecule has 3 heterocycles. The maximum Gasteiger partial charge on any atom is 0.251 e. The van der Waals surface area contributed by atoms with Crippen molar-refractivity contribution >= 4 is 11.5 Å². The Balaban J connectivity index is 1.63. The van der Waals surface area contributed by atoms with Crippen LogP contribution in [0.15, 0.2) is 41.2 Å². The summed E-state index contributed by atoms with van der Waals surface area (Å²) >= 11 is 0. The van der Waals surface area contributed by atoms with Gasteiger partial charge < -0.3 is 19.5 Å². The van der Waals surface area contributed by atoms with Crippen LogP contribution in [-0.4, -0.2) is 43.9 Å². The van der Waals surface area contributed by atoms with E-state index < -0.39 is 0 Å². The first-order valence-corrected chi connectivity index (χ1v) is 10.6. The fourth-order valence-corrected chi connectivity index (χ4v) is 4.47. The Kier molecular flexibility index (Phi) is 6.01. The standard InChI is InChI=1S/C23H31N3O2/c1-18-7-4-5-8-19(18)15-20-9-3-2-6-10-26(20)22-16-21(17-23(27)24-22)25-11-13-28-14-12-25/h4-5,7-8,16-17,20H,2-3,6,9-15H2,1H3,(H,24,27)/t20-/m1/s1. The van der Waals surface area contributed by atoms with Gasteiger partial charge in [0.25, 0.3) is 5.56 Å². The molecule has 28 heavy (non-hydrogen) atoms. The van der Waals surface area contributed by atoms with Gasteiger partial charge in [-0.15, -0.1) is 0 Å². The monoisotopic (exact) mass is 381 g/mol. The molecule has 1 aromatic heterocycles. The molecule has 150 valence electrons.